The molecule has 1 aromatic carbocycles. The molecular formula is C13H14FIN4. The average molecular weight is 372 g/mol. The highest BCUT2D eigenvalue weighted by atomic mass is 127. The lowest BCUT2D eigenvalue weighted by Gasteiger charge is -2.09. The van der Waals surface area contributed by atoms with E-state index in [1.807, 2.05) is 31.2 Å². The van der Waals surface area contributed by atoms with E-state index in [4.69, 9.17) is 0 Å². The van der Waals surface area contributed by atoms with Crippen LogP contribution in [0, 0.1) is 9.39 Å². The van der Waals surface area contributed by atoms with Crippen molar-refractivity contribution in [2.24, 2.45) is 0 Å². The fraction of sp³-hybridized carbons (Fsp3) is 0.231. The summed E-state index contributed by atoms with van der Waals surface area (Å²) < 4.78 is 14.8. The number of anilines is 3. The van der Waals surface area contributed by atoms with Gasteiger partial charge in [-0.05, 0) is 53.3 Å². The van der Waals surface area contributed by atoms with Crippen LogP contribution < -0.4 is 10.6 Å². The minimum absolute atomic E-state index is 0.176. The van der Waals surface area contributed by atoms with Crippen molar-refractivity contribution in [3.63, 3.8) is 0 Å². The summed E-state index contributed by atoms with van der Waals surface area (Å²) in [7, 11) is 0. The van der Waals surface area contributed by atoms with E-state index in [9.17, 15) is 4.39 Å². The van der Waals surface area contributed by atoms with Gasteiger partial charge in [-0.1, -0.05) is 6.92 Å². The number of halogens is 2. The van der Waals surface area contributed by atoms with E-state index in [0.717, 1.165) is 22.2 Å². The quantitative estimate of drug-likeness (QED) is 0.785. The summed E-state index contributed by atoms with van der Waals surface area (Å²) in [5.74, 6) is 0.131. The molecule has 0 aliphatic rings. The molecule has 0 aliphatic heterocycles. The van der Waals surface area contributed by atoms with Crippen LogP contribution in [0.3, 0.4) is 0 Å². The fourth-order valence-corrected chi connectivity index (χ4v) is 1.81. The Labute approximate surface area is 125 Å². The van der Waals surface area contributed by atoms with E-state index < -0.39 is 5.82 Å². The van der Waals surface area contributed by atoms with Crippen LogP contribution in [0.4, 0.5) is 21.8 Å². The molecule has 4 nitrogen and oxygen atoms in total. The monoisotopic (exact) mass is 372 g/mol. The number of nitrogens with zero attached hydrogens (tertiary/aromatic N) is 2. The van der Waals surface area contributed by atoms with Gasteiger partial charge in [0.25, 0.3) is 0 Å². The standard InChI is InChI=1S/C13H14FIN4/c1-2-7-16-13-17-8-11(14)12(19-13)18-10-5-3-9(15)4-6-10/h3-6,8H,2,7H2,1H3,(H2,16,17,18,19). The van der Waals surface area contributed by atoms with Gasteiger partial charge in [0, 0.05) is 15.8 Å². The molecule has 0 saturated carbocycles. The Bertz CT molecular complexity index is 545. The smallest absolute Gasteiger partial charge is 0.224 e. The first kappa shape index (κ1) is 14.0. The summed E-state index contributed by atoms with van der Waals surface area (Å²) >= 11 is 2.22. The van der Waals surface area contributed by atoms with Gasteiger partial charge < -0.3 is 10.6 Å². The molecule has 19 heavy (non-hydrogen) atoms. The van der Waals surface area contributed by atoms with Crippen molar-refractivity contribution in [3.8, 4) is 0 Å². The molecule has 0 radical (unpaired) electrons. The third kappa shape index (κ3) is 4.02. The van der Waals surface area contributed by atoms with Crippen LogP contribution in [0.25, 0.3) is 0 Å². The van der Waals surface area contributed by atoms with Gasteiger partial charge in [-0.15, -0.1) is 0 Å². The second kappa shape index (κ2) is 6.65. The normalized spacial score (nSPS) is 10.3. The topological polar surface area (TPSA) is 49.8 Å². The molecule has 2 aromatic rings. The maximum absolute atomic E-state index is 13.6. The third-order valence-corrected chi connectivity index (χ3v) is 3.10. The van der Waals surface area contributed by atoms with Crippen molar-refractivity contribution < 1.29 is 4.39 Å². The molecule has 100 valence electrons. The van der Waals surface area contributed by atoms with Gasteiger partial charge in [-0.2, -0.15) is 4.98 Å². The molecule has 1 heterocycles. The molecule has 0 unspecified atom stereocenters. The number of aromatic nitrogens is 2. The van der Waals surface area contributed by atoms with E-state index in [-0.39, 0.29) is 5.82 Å². The SMILES string of the molecule is CCCNc1ncc(F)c(Nc2ccc(I)cc2)n1. The minimum atomic E-state index is -0.472. The molecule has 2 rings (SSSR count). The Morgan fingerprint density at radius 1 is 1.26 bits per heavy atom. The van der Waals surface area contributed by atoms with Gasteiger partial charge in [-0.25, -0.2) is 9.37 Å². The zero-order chi connectivity index (χ0) is 13.7. The second-order valence-electron chi connectivity index (χ2n) is 3.95. The van der Waals surface area contributed by atoms with Crippen LogP contribution in [0.2, 0.25) is 0 Å². The molecule has 0 amide bonds. The average Bonchev–Trinajstić information content (AvgIpc) is 2.42. The van der Waals surface area contributed by atoms with Gasteiger partial charge in [0.15, 0.2) is 11.6 Å². The van der Waals surface area contributed by atoms with E-state index in [1.54, 1.807) is 0 Å². The predicted molar refractivity (Wildman–Crippen MR) is 83.2 cm³/mol. The van der Waals surface area contributed by atoms with Crippen molar-refractivity contribution in [2.75, 3.05) is 17.2 Å². The van der Waals surface area contributed by atoms with E-state index >= 15 is 0 Å². The molecule has 6 heteroatoms. The van der Waals surface area contributed by atoms with Crippen molar-refractivity contribution >= 4 is 40.0 Å². The van der Waals surface area contributed by atoms with E-state index in [1.165, 1.54) is 6.20 Å². The van der Waals surface area contributed by atoms with Crippen molar-refractivity contribution in [1.82, 2.24) is 9.97 Å². The first-order valence-corrected chi connectivity index (χ1v) is 7.06. The lowest BCUT2D eigenvalue weighted by molar-refractivity contribution is 0.619. The number of rotatable bonds is 5. The number of hydrogen-bond acceptors (Lipinski definition) is 4. The molecule has 0 aliphatic carbocycles. The van der Waals surface area contributed by atoms with Gasteiger partial charge in [-0.3, -0.25) is 0 Å². The summed E-state index contributed by atoms with van der Waals surface area (Å²) in [5.41, 5.74) is 0.791. The highest BCUT2D eigenvalue weighted by Crippen LogP contribution is 2.19. The van der Waals surface area contributed by atoms with Crippen LogP contribution in [0.1, 0.15) is 13.3 Å². The lowest BCUT2D eigenvalue weighted by atomic mass is 10.3. The molecule has 2 N–H and O–H groups in total. The third-order valence-electron chi connectivity index (χ3n) is 2.38. The molecule has 0 bridgehead atoms. The first-order chi connectivity index (χ1) is 9.19. The number of benzene rings is 1. The van der Waals surface area contributed by atoms with Crippen molar-refractivity contribution in [1.29, 1.82) is 0 Å². The molecule has 0 saturated heterocycles. The Kier molecular flexibility index (Phi) is 4.89. The summed E-state index contributed by atoms with van der Waals surface area (Å²) in [6, 6.07) is 7.64. The predicted octanol–water partition coefficient (Wildman–Crippen LogP) is 3.79. The van der Waals surface area contributed by atoms with Gasteiger partial charge >= 0.3 is 0 Å². The Hall–Kier alpha value is -1.44. The Morgan fingerprint density at radius 2 is 2.00 bits per heavy atom. The molecule has 0 atom stereocenters. The van der Waals surface area contributed by atoms with Crippen LogP contribution in [-0.4, -0.2) is 16.5 Å². The second-order valence-corrected chi connectivity index (χ2v) is 5.19. The molecule has 0 fully saturated rings. The number of nitrogens with one attached hydrogen (secondary N) is 2. The van der Waals surface area contributed by atoms with Crippen LogP contribution in [-0.2, 0) is 0 Å². The molecular weight excluding hydrogens is 358 g/mol. The summed E-state index contributed by atoms with van der Waals surface area (Å²) in [4.78, 5) is 8.01. The fourth-order valence-electron chi connectivity index (χ4n) is 1.45. The first-order valence-electron chi connectivity index (χ1n) is 5.98. The van der Waals surface area contributed by atoms with Crippen LogP contribution >= 0.6 is 22.6 Å². The van der Waals surface area contributed by atoms with E-state index in [0.29, 0.717) is 5.95 Å². The van der Waals surface area contributed by atoms with Crippen LogP contribution in [0.15, 0.2) is 30.5 Å². The minimum Gasteiger partial charge on any atom is -0.354 e. The van der Waals surface area contributed by atoms with Gasteiger partial charge in [0.2, 0.25) is 5.95 Å². The highest BCUT2D eigenvalue weighted by molar-refractivity contribution is 14.1. The maximum Gasteiger partial charge on any atom is 0.224 e. The lowest BCUT2D eigenvalue weighted by Crippen LogP contribution is -2.07. The molecule has 1 aromatic heterocycles. The van der Waals surface area contributed by atoms with Crippen molar-refractivity contribution in [3.05, 3.63) is 39.8 Å². The van der Waals surface area contributed by atoms with Crippen LogP contribution in [0.5, 0.6) is 0 Å². The van der Waals surface area contributed by atoms with E-state index in [2.05, 4.69) is 43.2 Å². The number of hydrogen-bond donors (Lipinski definition) is 2. The summed E-state index contributed by atoms with van der Waals surface area (Å²) in [6.45, 7) is 2.80. The van der Waals surface area contributed by atoms with Gasteiger partial charge in [0.1, 0.15) is 0 Å². The molecule has 0 spiro atoms. The highest BCUT2D eigenvalue weighted by Gasteiger charge is 2.07. The van der Waals surface area contributed by atoms with Gasteiger partial charge in [0.05, 0.1) is 6.20 Å². The van der Waals surface area contributed by atoms with Crippen molar-refractivity contribution in [2.45, 2.75) is 13.3 Å². The Balaban J connectivity index is 2.16. The summed E-state index contributed by atoms with van der Waals surface area (Å²) in [5, 5.41) is 5.97. The largest absolute Gasteiger partial charge is 0.354 e. The zero-order valence-corrected chi connectivity index (χ0v) is 12.6. The summed E-state index contributed by atoms with van der Waals surface area (Å²) in [6.07, 6.45) is 2.13. The Morgan fingerprint density at radius 3 is 2.68 bits per heavy atom. The zero-order valence-electron chi connectivity index (χ0n) is 10.5. The maximum atomic E-state index is 13.6.